The van der Waals surface area contributed by atoms with Crippen molar-refractivity contribution in [2.45, 2.75) is 30.2 Å². The molecule has 0 spiro atoms. The van der Waals surface area contributed by atoms with E-state index in [2.05, 4.69) is 10.2 Å². The molecule has 1 aliphatic heterocycles. The van der Waals surface area contributed by atoms with Crippen LogP contribution in [-0.2, 0) is 10.0 Å². The Kier molecular flexibility index (Phi) is 5.00. The van der Waals surface area contributed by atoms with Gasteiger partial charge in [0.1, 0.15) is 0 Å². The second kappa shape index (κ2) is 7.16. The third kappa shape index (κ3) is 3.33. The number of nitrogens with zero attached hydrogens (tertiary/aromatic N) is 2. The van der Waals surface area contributed by atoms with Gasteiger partial charge in [-0.1, -0.05) is 23.7 Å². The molecule has 1 atom stereocenters. The molecule has 1 fully saturated rings. The Morgan fingerprint density at radius 2 is 2.03 bits per heavy atom. The average molecular weight is 457 g/mol. The van der Waals surface area contributed by atoms with Gasteiger partial charge in [0, 0.05) is 12.0 Å². The van der Waals surface area contributed by atoms with E-state index in [1.165, 1.54) is 12.1 Å². The van der Waals surface area contributed by atoms with Gasteiger partial charge in [-0.15, -0.1) is 0 Å². The van der Waals surface area contributed by atoms with E-state index in [4.69, 9.17) is 17.3 Å². The summed E-state index contributed by atoms with van der Waals surface area (Å²) in [5.74, 6) is -2.93. The van der Waals surface area contributed by atoms with E-state index in [-0.39, 0.29) is 10.7 Å². The SMILES string of the molecule is Cc1cc(S(=O)(=O)N2CC(F)(F)CC2CO)ccc1-c1ccc2[nH]nc(N)c2c1Cl. The third-order valence-electron chi connectivity index (χ3n) is 5.33. The van der Waals surface area contributed by atoms with Crippen LogP contribution in [0.2, 0.25) is 5.02 Å². The maximum Gasteiger partial charge on any atom is 0.263 e. The molecule has 1 aliphatic rings. The smallest absolute Gasteiger partial charge is 0.263 e. The summed E-state index contributed by atoms with van der Waals surface area (Å²) in [5.41, 5.74) is 8.44. The number of nitrogen functional groups attached to an aromatic ring is 1. The Balaban J connectivity index is 1.76. The van der Waals surface area contributed by atoms with Crippen LogP contribution in [0.3, 0.4) is 0 Å². The predicted molar refractivity (Wildman–Crippen MR) is 110 cm³/mol. The number of anilines is 1. The number of benzene rings is 2. The van der Waals surface area contributed by atoms with Crippen LogP contribution in [0.5, 0.6) is 0 Å². The molecule has 11 heteroatoms. The Morgan fingerprint density at radius 1 is 1.33 bits per heavy atom. The minimum atomic E-state index is -4.21. The monoisotopic (exact) mass is 456 g/mol. The molecule has 30 heavy (non-hydrogen) atoms. The zero-order chi connectivity index (χ0) is 21.8. The van der Waals surface area contributed by atoms with Crippen LogP contribution in [0, 0.1) is 6.92 Å². The summed E-state index contributed by atoms with van der Waals surface area (Å²) in [5, 5.41) is 17.0. The summed E-state index contributed by atoms with van der Waals surface area (Å²) in [4.78, 5) is -0.125. The molecule has 2 aromatic carbocycles. The van der Waals surface area contributed by atoms with Crippen molar-refractivity contribution in [3.63, 3.8) is 0 Å². The van der Waals surface area contributed by atoms with Crippen LogP contribution >= 0.6 is 11.6 Å². The molecule has 0 amide bonds. The number of hydrogen-bond acceptors (Lipinski definition) is 5. The Morgan fingerprint density at radius 3 is 2.70 bits per heavy atom. The van der Waals surface area contributed by atoms with Crippen molar-refractivity contribution in [3.05, 3.63) is 40.9 Å². The lowest BCUT2D eigenvalue weighted by molar-refractivity contribution is 0.0161. The Labute approximate surface area is 176 Å². The summed E-state index contributed by atoms with van der Waals surface area (Å²) in [7, 11) is -4.21. The Bertz CT molecular complexity index is 1250. The fourth-order valence-corrected chi connectivity index (χ4v) is 5.94. The van der Waals surface area contributed by atoms with E-state index < -0.39 is 41.6 Å². The molecule has 7 nitrogen and oxygen atoms in total. The lowest BCUT2D eigenvalue weighted by atomic mass is 9.99. The number of alkyl halides is 2. The number of H-pyrrole nitrogens is 1. The number of aromatic amines is 1. The van der Waals surface area contributed by atoms with Gasteiger partial charge < -0.3 is 10.8 Å². The van der Waals surface area contributed by atoms with Gasteiger partial charge >= 0.3 is 0 Å². The zero-order valence-electron chi connectivity index (χ0n) is 15.9. The van der Waals surface area contributed by atoms with Crippen LogP contribution in [0.4, 0.5) is 14.6 Å². The number of aromatic nitrogens is 2. The molecule has 0 saturated carbocycles. The van der Waals surface area contributed by atoms with E-state index in [1.807, 2.05) is 0 Å². The fraction of sp³-hybridized carbons (Fsp3) is 0.316. The topological polar surface area (TPSA) is 112 Å². The minimum absolute atomic E-state index is 0.125. The second-order valence-corrected chi connectivity index (χ2v) is 9.65. The zero-order valence-corrected chi connectivity index (χ0v) is 17.4. The first-order valence-electron chi connectivity index (χ1n) is 9.09. The van der Waals surface area contributed by atoms with Gasteiger partial charge in [0.15, 0.2) is 5.82 Å². The molecule has 3 aromatic rings. The summed E-state index contributed by atoms with van der Waals surface area (Å²) in [6.07, 6.45) is -0.707. The molecule has 2 heterocycles. The summed E-state index contributed by atoms with van der Waals surface area (Å²) < 4.78 is 54.2. The number of sulfonamides is 1. The van der Waals surface area contributed by atoms with Crippen molar-refractivity contribution in [2.75, 3.05) is 18.9 Å². The first kappa shape index (κ1) is 21.0. The molecule has 4 rings (SSSR count). The van der Waals surface area contributed by atoms with Crippen molar-refractivity contribution >= 4 is 38.3 Å². The van der Waals surface area contributed by atoms with Gasteiger partial charge in [0.25, 0.3) is 5.92 Å². The highest BCUT2D eigenvalue weighted by atomic mass is 35.5. The molecule has 1 saturated heterocycles. The van der Waals surface area contributed by atoms with E-state index in [0.29, 0.717) is 36.9 Å². The maximum absolute atomic E-state index is 13.8. The van der Waals surface area contributed by atoms with E-state index in [1.54, 1.807) is 25.1 Å². The lowest BCUT2D eigenvalue weighted by Crippen LogP contribution is -2.38. The number of aryl methyl sites for hydroxylation is 1. The number of nitrogens with one attached hydrogen (secondary N) is 1. The van der Waals surface area contributed by atoms with Crippen LogP contribution in [-0.4, -0.2) is 53.1 Å². The third-order valence-corrected chi connectivity index (χ3v) is 7.62. The Hall–Kier alpha value is -2.27. The summed E-state index contributed by atoms with van der Waals surface area (Å²) in [6.45, 7) is 0.0764. The second-order valence-electron chi connectivity index (χ2n) is 7.38. The quantitative estimate of drug-likeness (QED) is 0.558. The number of fused-ring (bicyclic) bond motifs is 1. The van der Waals surface area contributed by atoms with Crippen molar-refractivity contribution < 1.29 is 22.3 Å². The average Bonchev–Trinajstić information content (AvgIpc) is 3.22. The van der Waals surface area contributed by atoms with Crippen molar-refractivity contribution in [1.82, 2.24) is 14.5 Å². The summed E-state index contributed by atoms with van der Waals surface area (Å²) >= 11 is 6.52. The molecular formula is C19H19ClF2N4O3S. The number of aliphatic hydroxyl groups excluding tert-OH is 1. The molecule has 0 bridgehead atoms. The van der Waals surface area contributed by atoms with Crippen LogP contribution in [0.1, 0.15) is 12.0 Å². The molecule has 4 N–H and O–H groups in total. The van der Waals surface area contributed by atoms with Gasteiger partial charge in [-0.25, -0.2) is 17.2 Å². The van der Waals surface area contributed by atoms with E-state index in [0.717, 1.165) is 0 Å². The van der Waals surface area contributed by atoms with Crippen LogP contribution < -0.4 is 5.73 Å². The normalized spacial score (nSPS) is 19.6. The number of hydrogen-bond donors (Lipinski definition) is 3. The molecule has 0 radical (unpaired) electrons. The van der Waals surface area contributed by atoms with Crippen molar-refractivity contribution in [2.24, 2.45) is 0 Å². The van der Waals surface area contributed by atoms with Crippen molar-refractivity contribution in [3.8, 4) is 11.1 Å². The van der Waals surface area contributed by atoms with E-state index in [9.17, 15) is 22.3 Å². The molecule has 1 unspecified atom stereocenters. The molecule has 1 aromatic heterocycles. The van der Waals surface area contributed by atoms with Gasteiger partial charge in [0.2, 0.25) is 10.0 Å². The molecule has 160 valence electrons. The highest BCUT2D eigenvalue weighted by Crippen LogP contribution is 2.39. The fourth-order valence-electron chi connectivity index (χ4n) is 3.84. The van der Waals surface area contributed by atoms with Gasteiger partial charge in [-0.3, -0.25) is 5.10 Å². The largest absolute Gasteiger partial charge is 0.395 e. The first-order chi connectivity index (χ1) is 14.0. The first-order valence-corrected chi connectivity index (χ1v) is 10.9. The molecular weight excluding hydrogens is 438 g/mol. The number of rotatable bonds is 4. The highest BCUT2D eigenvalue weighted by Gasteiger charge is 2.49. The minimum Gasteiger partial charge on any atom is -0.395 e. The van der Waals surface area contributed by atoms with Crippen LogP contribution in [0.25, 0.3) is 22.0 Å². The number of nitrogens with two attached hydrogens (primary N) is 1. The summed E-state index contributed by atoms with van der Waals surface area (Å²) in [6, 6.07) is 6.71. The lowest BCUT2D eigenvalue weighted by Gasteiger charge is -2.22. The maximum atomic E-state index is 13.8. The predicted octanol–water partition coefficient (Wildman–Crippen LogP) is 3.16. The van der Waals surface area contributed by atoms with Crippen molar-refractivity contribution in [1.29, 1.82) is 0 Å². The molecule has 0 aliphatic carbocycles. The number of aliphatic hydroxyl groups is 1. The number of halogens is 3. The van der Waals surface area contributed by atoms with Gasteiger partial charge in [0.05, 0.1) is 40.0 Å². The highest BCUT2D eigenvalue weighted by molar-refractivity contribution is 7.89. The standard InChI is InChI=1S/C19H19ClF2N4O3S/c1-10-6-12(30(28,29)26-9-19(21,22)7-11(26)8-27)2-3-13(10)14-4-5-15-16(17(14)20)18(23)25-24-15/h2-6,11,27H,7-9H2,1H3,(H3,23,24,25). The van der Waals surface area contributed by atoms with E-state index >= 15 is 0 Å². The van der Waals surface area contributed by atoms with Gasteiger partial charge in [-0.05, 0) is 36.2 Å². The van der Waals surface area contributed by atoms with Gasteiger partial charge in [-0.2, -0.15) is 9.40 Å². The van der Waals surface area contributed by atoms with Crippen LogP contribution in [0.15, 0.2) is 35.2 Å².